The molecule has 4 atom stereocenters. The quantitative estimate of drug-likeness (QED) is 0.254. The van der Waals surface area contributed by atoms with Gasteiger partial charge in [-0.15, -0.1) is 0 Å². The molecule has 0 amide bonds. The maximum absolute atomic E-state index is 12.7. The predicted molar refractivity (Wildman–Crippen MR) is 150 cm³/mol. The summed E-state index contributed by atoms with van der Waals surface area (Å²) < 4.78 is 26.5. The predicted octanol–water partition coefficient (Wildman–Crippen LogP) is 5.08. The molecule has 0 fully saturated rings. The molecule has 0 aromatic heterocycles. The molecule has 0 aliphatic carbocycles. The molecular formula is C30H47NO9. The third kappa shape index (κ3) is 12.4. The lowest BCUT2D eigenvalue weighted by Crippen LogP contribution is -2.37. The van der Waals surface area contributed by atoms with Crippen LogP contribution in [0.15, 0.2) is 18.2 Å². The summed E-state index contributed by atoms with van der Waals surface area (Å²) in [6.45, 7) is 18.4. The largest absolute Gasteiger partial charge is 0.508 e. The van der Waals surface area contributed by atoms with Gasteiger partial charge in [0, 0.05) is 0 Å². The first-order valence-corrected chi connectivity index (χ1v) is 13.7. The van der Waals surface area contributed by atoms with E-state index in [1.807, 2.05) is 48.5 Å². The highest BCUT2D eigenvalue weighted by atomic mass is 16.7. The minimum Gasteiger partial charge on any atom is -0.458 e. The summed E-state index contributed by atoms with van der Waals surface area (Å²) in [4.78, 5) is 49.6. The van der Waals surface area contributed by atoms with Gasteiger partial charge in [-0.05, 0) is 48.3 Å². The summed E-state index contributed by atoms with van der Waals surface area (Å²) in [5, 5.41) is 0. The normalized spacial score (nSPS) is 14.6. The first kappa shape index (κ1) is 34.9. The highest BCUT2D eigenvalue weighted by Gasteiger charge is 2.26. The number of nitrogens with two attached hydrogens (primary N) is 1. The fraction of sp³-hybridized carbons (Fsp3) is 0.667. The minimum absolute atomic E-state index is 0.0390. The van der Waals surface area contributed by atoms with Crippen LogP contribution in [0.25, 0.3) is 0 Å². The van der Waals surface area contributed by atoms with Crippen LogP contribution in [-0.4, -0.2) is 49.4 Å². The molecule has 10 nitrogen and oxygen atoms in total. The number of ether oxygens (including phenoxy) is 5. The number of carbonyl (C=O) groups is 4. The van der Waals surface area contributed by atoms with E-state index in [-0.39, 0.29) is 54.3 Å². The Labute approximate surface area is 238 Å². The zero-order valence-electron chi connectivity index (χ0n) is 25.6. The molecule has 10 heteroatoms. The second kappa shape index (κ2) is 15.6. The Morgan fingerprint density at radius 1 is 0.775 bits per heavy atom. The number of esters is 3. The van der Waals surface area contributed by atoms with E-state index >= 15 is 0 Å². The fourth-order valence-corrected chi connectivity index (χ4v) is 2.95. The van der Waals surface area contributed by atoms with Crippen molar-refractivity contribution < 1.29 is 42.9 Å². The molecule has 0 saturated carbocycles. The molecule has 0 bridgehead atoms. The first-order valence-electron chi connectivity index (χ1n) is 13.7. The van der Waals surface area contributed by atoms with Crippen molar-refractivity contribution in [2.45, 2.75) is 87.8 Å². The van der Waals surface area contributed by atoms with Crippen molar-refractivity contribution in [1.82, 2.24) is 0 Å². The Morgan fingerprint density at radius 3 is 1.80 bits per heavy atom. The maximum Gasteiger partial charge on any atom is 0.508 e. The van der Waals surface area contributed by atoms with E-state index in [2.05, 4.69) is 0 Å². The zero-order chi connectivity index (χ0) is 30.8. The Bertz CT molecular complexity index is 1010. The number of carbonyl (C=O) groups excluding carboxylic acids is 4. The van der Waals surface area contributed by atoms with Crippen LogP contribution in [0, 0.1) is 29.1 Å². The molecule has 0 radical (unpaired) electrons. The topological polar surface area (TPSA) is 140 Å². The van der Waals surface area contributed by atoms with Crippen molar-refractivity contribution in [1.29, 1.82) is 0 Å². The van der Waals surface area contributed by atoms with Crippen LogP contribution in [0.5, 0.6) is 11.5 Å². The van der Waals surface area contributed by atoms with Crippen LogP contribution in [0.1, 0.15) is 74.8 Å². The lowest BCUT2D eigenvalue weighted by molar-refractivity contribution is -0.152. The number of hydrogen-bond acceptors (Lipinski definition) is 10. The summed E-state index contributed by atoms with van der Waals surface area (Å²) >= 11 is 0. The molecule has 0 aliphatic rings. The average molecular weight is 566 g/mol. The summed E-state index contributed by atoms with van der Waals surface area (Å²) in [5.41, 5.74) is 6.44. The summed E-state index contributed by atoms with van der Waals surface area (Å²) in [6, 6.07) is 3.62. The van der Waals surface area contributed by atoms with E-state index in [1.165, 1.54) is 12.1 Å². The average Bonchev–Trinajstić information content (AvgIpc) is 2.85. The second-order valence-corrected chi connectivity index (χ2v) is 12.2. The van der Waals surface area contributed by atoms with Crippen LogP contribution >= 0.6 is 0 Å². The van der Waals surface area contributed by atoms with E-state index in [0.29, 0.717) is 5.56 Å². The molecule has 1 aromatic rings. The maximum atomic E-state index is 12.7. The van der Waals surface area contributed by atoms with Crippen molar-refractivity contribution in [3.05, 3.63) is 23.8 Å². The van der Waals surface area contributed by atoms with Gasteiger partial charge in [-0.25, -0.2) is 4.79 Å². The molecule has 1 aromatic carbocycles. The van der Waals surface area contributed by atoms with E-state index in [0.717, 1.165) is 0 Å². The first-order chi connectivity index (χ1) is 18.4. The number of hydrogen-bond donors (Lipinski definition) is 1. The van der Waals surface area contributed by atoms with Crippen LogP contribution in [0.3, 0.4) is 0 Å². The van der Waals surface area contributed by atoms with Crippen molar-refractivity contribution >= 4 is 24.1 Å². The Hall–Kier alpha value is -3.14. The minimum atomic E-state index is -1.05. The van der Waals surface area contributed by atoms with E-state index in [9.17, 15) is 19.2 Å². The third-order valence-corrected chi connectivity index (χ3v) is 6.31. The standard InChI is InChI=1S/C30H47NO9/c1-17(2)20(6)26(32)39-24-12-11-22(14-25(24)40-27(33)21(7)18(3)4)13-23(31)28(34)38-19(5)15-36-29(35)37-16-30(8,9)10/h11-12,14,17-21,23H,13,15-16,31H2,1-10H3/t19-,20?,21?,23-/m0/s1. The van der Waals surface area contributed by atoms with Gasteiger partial charge in [-0.1, -0.05) is 68.4 Å². The number of rotatable bonds is 13. The summed E-state index contributed by atoms with van der Waals surface area (Å²) in [5.74, 6) is -2.12. The van der Waals surface area contributed by atoms with Crippen LogP contribution < -0.4 is 15.2 Å². The monoisotopic (exact) mass is 565 g/mol. The zero-order valence-corrected chi connectivity index (χ0v) is 25.6. The SMILES string of the molecule is CC(C)C(C)C(=O)Oc1ccc(C[C@H](N)C(=O)O[C@@H](C)COC(=O)OCC(C)(C)C)cc1OC(=O)C(C)C(C)C. The second-order valence-electron chi connectivity index (χ2n) is 12.2. The van der Waals surface area contributed by atoms with E-state index in [4.69, 9.17) is 29.4 Å². The van der Waals surface area contributed by atoms with Gasteiger partial charge in [-0.2, -0.15) is 0 Å². The van der Waals surface area contributed by atoms with Gasteiger partial charge >= 0.3 is 24.1 Å². The fourth-order valence-electron chi connectivity index (χ4n) is 2.95. The van der Waals surface area contributed by atoms with Crippen LogP contribution in [0.4, 0.5) is 4.79 Å². The molecule has 226 valence electrons. The Morgan fingerprint density at radius 2 is 1.30 bits per heavy atom. The van der Waals surface area contributed by atoms with E-state index < -0.39 is 42.1 Å². The third-order valence-electron chi connectivity index (χ3n) is 6.31. The Kier molecular flexibility index (Phi) is 13.6. The highest BCUT2D eigenvalue weighted by molar-refractivity contribution is 5.79. The summed E-state index contributed by atoms with van der Waals surface area (Å²) in [6.07, 6.45) is -1.54. The van der Waals surface area contributed by atoms with E-state index in [1.54, 1.807) is 26.8 Å². The lowest BCUT2D eigenvalue weighted by Gasteiger charge is -2.20. The molecule has 0 saturated heterocycles. The molecule has 0 heterocycles. The molecule has 1 rings (SSSR count). The van der Waals surface area contributed by atoms with Gasteiger partial charge in [0.25, 0.3) is 0 Å². The van der Waals surface area contributed by atoms with Crippen molar-refractivity contribution in [3.63, 3.8) is 0 Å². The molecule has 2 unspecified atom stereocenters. The van der Waals surface area contributed by atoms with Gasteiger partial charge in [0.2, 0.25) is 0 Å². The van der Waals surface area contributed by atoms with Gasteiger partial charge in [0.05, 0.1) is 18.4 Å². The number of benzene rings is 1. The van der Waals surface area contributed by atoms with Crippen molar-refractivity contribution in [3.8, 4) is 11.5 Å². The Balaban J connectivity index is 2.91. The molecular weight excluding hydrogens is 518 g/mol. The van der Waals surface area contributed by atoms with Gasteiger partial charge in [0.15, 0.2) is 11.5 Å². The lowest BCUT2D eigenvalue weighted by atomic mass is 9.98. The molecule has 0 aliphatic heterocycles. The van der Waals surface area contributed by atoms with Crippen LogP contribution in [0.2, 0.25) is 0 Å². The summed E-state index contributed by atoms with van der Waals surface area (Å²) in [7, 11) is 0. The van der Waals surface area contributed by atoms with Gasteiger partial charge in [0.1, 0.15) is 18.8 Å². The molecule has 40 heavy (non-hydrogen) atoms. The molecule has 2 N–H and O–H groups in total. The van der Waals surface area contributed by atoms with Crippen molar-refractivity contribution in [2.24, 2.45) is 34.8 Å². The van der Waals surface area contributed by atoms with Crippen LogP contribution in [-0.2, 0) is 35.0 Å². The highest BCUT2D eigenvalue weighted by Crippen LogP contribution is 2.31. The van der Waals surface area contributed by atoms with Gasteiger partial charge < -0.3 is 29.4 Å². The van der Waals surface area contributed by atoms with Gasteiger partial charge in [-0.3, -0.25) is 14.4 Å². The van der Waals surface area contributed by atoms with Crippen molar-refractivity contribution in [2.75, 3.05) is 13.2 Å². The smallest absolute Gasteiger partial charge is 0.458 e. The molecule has 0 spiro atoms.